The van der Waals surface area contributed by atoms with Gasteiger partial charge in [-0.25, -0.2) is 14.3 Å². The number of nitrogens with one attached hydrogen (secondary N) is 1. The average Bonchev–Trinajstić information content (AvgIpc) is 3.16. The number of fused-ring (bicyclic) bond motifs is 1. The molecule has 9 nitrogen and oxygen atoms in total. The van der Waals surface area contributed by atoms with Crippen LogP contribution in [0.25, 0.3) is 5.78 Å². The first kappa shape index (κ1) is 18.2. The van der Waals surface area contributed by atoms with Crippen molar-refractivity contribution in [3.63, 3.8) is 0 Å². The minimum absolute atomic E-state index is 0.0138. The second kappa shape index (κ2) is 8.26. The molecule has 3 heterocycles. The molecule has 1 fully saturated rings. The molecule has 1 aliphatic rings. The summed E-state index contributed by atoms with van der Waals surface area (Å²) in [5.41, 5.74) is 0.761. The molecule has 0 radical (unpaired) electrons. The monoisotopic (exact) mass is 397 g/mol. The Kier molecular flexibility index (Phi) is 5.38. The fourth-order valence-electron chi connectivity index (χ4n) is 2.88. The van der Waals surface area contributed by atoms with Crippen molar-refractivity contribution < 1.29 is 9.59 Å². The van der Waals surface area contributed by atoms with E-state index in [9.17, 15) is 9.59 Å². The summed E-state index contributed by atoms with van der Waals surface area (Å²) in [5, 5.41) is 7.67. The second-order valence-electron chi connectivity index (χ2n) is 6.21. The number of hydrogen-bond donors (Lipinski definition) is 1. The van der Waals surface area contributed by atoms with Crippen LogP contribution >= 0.6 is 11.8 Å². The highest BCUT2D eigenvalue weighted by atomic mass is 32.2. The third-order valence-corrected chi connectivity index (χ3v) is 5.19. The van der Waals surface area contributed by atoms with E-state index < -0.39 is 0 Å². The normalized spacial score (nSPS) is 14.3. The van der Waals surface area contributed by atoms with Crippen molar-refractivity contribution in [2.24, 2.45) is 0 Å². The number of urea groups is 1. The van der Waals surface area contributed by atoms with Gasteiger partial charge in [0.15, 0.2) is 0 Å². The van der Waals surface area contributed by atoms with E-state index in [0.29, 0.717) is 37.1 Å². The van der Waals surface area contributed by atoms with E-state index in [-0.39, 0.29) is 17.7 Å². The van der Waals surface area contributed by atoms with Gasteiger partial charge in [-0.2, -0.15) is 4.98 Å². The Balaban J connectivity index is 1.25. The van der Waals surface area contributed by atoms with Gasteiger partial charge in [0, 0.05) is 44.3 Å². The van der Waals surface area contributed by atoms with Gasteiger partial charge in [0.05, 0.1) is 5.75 Å². The van der Waals surface area contributed by atoms with Crippen LogP contribution in [-0.4, -0.2) is 73.3 Å². The van der Waals surface area contributed by atoms with Crippen LogP contribution in [-0.2, 0) is 4.79 Å². The Morgan fingerprint density at radius 2 is 1.79 bits per heavy atom. The Labute approximate surface area is 165 Å². The molecule has 0 aliphatic carbocycles. The SMILES string of the molecule is O=C(CSc1nc2ncccn2n1)N1CCN(C(=O)Nc2ccccc2)CC1. The van der Waals surface area contributed by atoms with Gasteiger partial charge in [-0.1, -0.05) is 30.0 Å². The predicted octanol–water partition coefficient (Wildman–Crippen LogP) is 1.59. The first-order valence-electron chi connectivity index (χ1n) is 8.88. The Morgan fingerprint density at radius 1 is 1.04 bits per heavy atom. The summed E-state index contributed by atoms with van der Waals surface area (Å²) >= 11 is 1.29. The topological polar surface area (TPSA) is 95.7 Å². The lowest BCUT2D eigenvalue weighted by atomic mass is 10.3. The number of anilines is 1. The summed E-state index contributed by atoms with van der Waals surface area (Å²) < 4.78 is 1.58. The summed E-state index contributed by atoms with van der Waals surface area (Å²) in [4.78, 5) is 36.7. The summed E-state index contributed by atoms with van der Waals surface area (Å²) in [7, 11) is 0. The van der Waals surface area contributed by atoms with Crippen LogP contribution in [0.15, 0.2) is 53.9 Å². The minimum atomic E-state index is -0.144. The van der Waals surface area contributed by atoms with Crippen molar-refractivity contribution in [1.82, 2.24) is 29.4 Å². The van der Waals surface area contributed by atoms with Gasteiger partial charge < -0.3 is 15.1 Å². The van der Waals surface area contributed by atoms with Gasteiger partial charge in [0.25, 0.3) is 5.78 Å². The number of hydrogen-bond acceptors (Lipinski definition) is 6. The molecule has 1 N–H and O–H groups in total. The van der Waals surface area contributed by atoms with Gasteiger partial charge >= 0.3 is 6.03 Å². The van der Waals surface area contributed by atoms with Gasteiger partial charge in [-0.3, -0.25) is 4.79 Å². The first-order chi connectivity index (χ1) is 13.7. The van der Waals surface area contributed by atoms with E-state index in [1.165, 1.54) is 11.8 Å². The van der Waals surface area contributed by atoms with Crippen molar-refractivity contribution in [1.29, 1.82) is 0 Å². The summed E-state index contributed by atoms with van der Waals surface area (Å²) in [6, 6.07) is 11.0. The number of carbonyl (C=O) groups is 2. The maximum absolute atomic E-state index is 12.5. The van der Waals surface area contributed by atoms with Crippen LogP contribution < -0.4 is 5.32 Å². The van der Waals surface area contributed by atoms with Gasteiger partial charge in [0.1, 0.15) is 0 Å². The van der Waals surface area contributed by atoms with Crippen LogP contribution in [0.3, 0.4) is 0 Å². The molecule has 1 aromatic carbocycles. The average molecular weight is 397 g/mol. The van der Waals surface area contributed by atoms with E-state index in [4.69, 9.17) is 0 Å². The van der Waals surface area contributed by atoms with Gasteiger partial charge in [0.2, 0.25) is 11.1 Å². The highest BCUT2D eigenvalue weighted by molar-refractivity contribution is 7.99. The fraction of sp³-hybridized carbons (Fsp3) is 0.278. The van der Waals surface area contributed by atoms with Crippen LogP contribution in [0.5, 0.6) is 0 Å². The van der Waals surface area contributed by atoms with Crippen LogP contribution in [0.4, 0.5) is 10.5 Å². The zero-order valence-electron chi connectivity index (χ0n) is 15.1. The predicted molar refractivity (Wildman–Crippen MR) is 105 cm³/mol. The third kappa shape index (κ3) is 4.22. The number of para-hydroxylation sites is 1. The van der Waals surface area contributed by atoms with Crippen molar-refractivity contribution in [2.45, 2.75) is 5.16 Å². The molecule has 0 bridgehead atoms. The fourth-order valence-corrected chi connectivity index (χ4v) is 3.60. The number of nitrogens with zero attached hydrogens (tertiary/aromatic N) is 6. The lowest BCUT2D eigenvalue weighted by Crippen LogP contribution is -2.52. The minimum Gasteiger partial charge on any atom is -0.338 e. The lowest BCUT2D eigenvalue weighted by molar-refractivity contribution is -0.129. The maximum atomic E-state index is 12.5. The van der Waals surface area contributed by atoms with Crippen molar-refractivity contribution in [2.75, 3.05) is 37.2 Å². The molecule has 2 aromatic heterocycles. The molecular formula is C18H19N7O2S. The molecule has 0 atom stereocenters. The number of carbonyl (C=O) groups excluding carboxylic acids is 2. The number of thioether (sulfide) groups is 1. The van der Waals surface area contributed by atoms with Crippen LogP contribution in [0.1, 0.15) is 0 Å². The van der Waals surface area contributed by atoms with E-state index in [0.717, 1.165) is 5.69 Å². The molecular weight excluding hydrogens is 378 g/mol. The molecule has 144 valence electrons. The maximum Gasteiger partial charge on any atom is 0.321 e. The molecule has 4 rings (SSSR count). The zero-order chi connectivity index (χ0) is 19.3. The summed E-state index contributed by atoms with van der Waals surface area (Å²) in [5.74, 6) is 0.781. The molecule has 10 heteroatoms. The highest BCUT2D eigenvalue weighted by Gasteiger charge is 2.24. The van der Waals surface area contributed by atoms with Crippen molar-refractivity contribution >= 4 is 35.2 Å². The van der Waals surface area contributed by atoms with Crippen molar-refractivity contribution in [3.8, 4) is 0 Å². The number of piperazine rings is 1. The van der Waals surface area contributed by atoms with Crippen LogP contribution in [0.2, 0.25) is 0 Å². The van der Waals surface area contributed by atoms with Gasteiger partial charge in [-0.05, 0) is 18.2 Å². The Hall–Kier alpha value is -3.14. The Bertz CT molecular complexity index is 937. The molecule has 0 spiro atoms. The molecule has 0 saturated carbocycles. The summed E-state index contributed by atoms with van der Waals surface area (Å²) in [6.07, 6.45) is 3.41. The van der Waals surface area contributed by atoms with E-state index in [1.807, 2.05) is 30.3 Å². The molecule has 3 amide bonds. The third-order valence-electron chi connectivity index (χ3n) is 4.37. The van der Waals surface area contributed by atoms with E-state index >= 15 is 0 Å². The smallest absolute Gasteiger partial charge is 0.321 e. The highest BCUT2D eigenvalue weighted by Crippen LogP contribution is 2.15. The first-order valence-corrected chi connectivity index (χ1v) is 9.86. The molecule has 3 aromatic rings. The van der Waals surface area contributed by atoms with Crippen molar-refractivity contribution in [3.05, 3.63) is 48.8 Å². The molecule has 0 unspecified atom stereocenters. The van der Waals surface area contributed by atoms with E-state index in [1.54, 1.807) is 32.8 Å². The Morgan fingerprint density at radius 3 is 2.54 bits per heavy atom. The molecule has 1 aliphatic heterocycles. The molecule has 28 heavy (non-hydrogen) atoms. The van der Waals surface area contributed by atoms with E-state index in [2.05, 4.69) is 20.4 Å². The quantitative estimate of drug-likeness (QED) is 0.672. The number of rotatable bonds is 4. The number of amides is 3. The largest absolute Gasteiger partial charge is 0.338 e. The zero-order valence-corrected chi connectivity index (χ0v) is 15.9. The van der Waals surface area contributed by atoms with Gasteiger partial charge in [-0.15, -0.1) is 5.10 Å². The second-order valence-corrected chi connectivity index (χ2v) is 7.15. The summed E-state index contributed by atoms with van der Waals surface area (Å²) in [6.45, 7) is 2.04. The lowest BCUT2D eigenvalue weighted by Gasteiger charge is -2.34. The molecule has 1 saturated heterocycles. The number of aromatic nitrogens is 4. The number of benzene rings is 1. The van der Waals surface area contributed by atoms with Crippen LogP contribution in [0, 0.1) is 0 Å². The standard InChI is InChI=1S/C18H19N7O2S/c26-15(13-28-17-21-16-19-7-4-8-25(16)22-17)23-9-11-24(12-10-23)18(27)20-14-5-2-1-3-6-14/h1-8H,9-13H2,(H,20,27).